The molecule has 2 aliphatic carbocycles. The Bertz CT molecular complexity index is 687. The van der Waals surface area contributed by atoms with Gasteiger partial charge in [0, 0.05) is 0 Å². The fourth-order valence-electron chi connectivity index (χ4n) is 5.95. The van der Waals surface area contributed by atoms with Crippen LogP contribution in [0.2, 0.25) is 25.2 Å². The van der Waals surface area contributed by atoms with Gasteiger partial charge >= 0.3 is 0 Å². The minimum Gasteiger partial charge on any atom is -0.428 e. The van der Waals surface area contributed by atoms with Gasteiger partial charge in [-0.3, -0.25) is 0 Å². The number of fused-ring (bicyclic) bond motifs is 2. The summed E-state index contributed by atoms with van der Waals surface area (Å²) in [4.78, 5) is 22.5. The van der Waals surface area contributed by atoms with Crippen molar-refractivity contribution in [2.75, 3.05) is 0 Å². The fourth-order valence-corrected chi connectivity index (χ4v) is 10.2. The second kappa shape index (κ2) is 8.12. The molecule has 1 aromatic rings. The smallest absolute Gasteiger partial charge is 0.217 e. The number of benzene rings is 1. The highest BCUT2D eigenvalue weighted by Gasteiger charge is 2.45. The van der Waals surface area contributed by atoms with Crippen molar-refractivity contribution in [3.63, 3.8) is 0 Å². The zero-order valence-electron chi connectivity index (χ0n) is 18.6. The molecule has 8 unspecified atom stereocenters. The average Bonchev–Trinajstić information content (AvgIpc) is 3.65. The summed E-state index contributed by atoms with van der Waals surface area (Å²) < 4.78 is 11.3. The van der Waals surface area contributed by atoms with Crippen molar-refractivity contribution >= 4 is 27.0 Å². The molecule has 5 rings (SSSR count). The molecule has 1 aromatic carbocycles. The SMILES string of the molecule is C[Si](O)(CCC1CCC2OC2C1)c1ccc([Si](C)(O)CCC2CCC3OC3C2)cc1. The van der Waals surface area contributed by atoms with E-state index in [0.29, 0.717) is 24.4 Å². The van der Waals surface area contributed by atoms with Gasteiger partial charge in [-0.1, -0.05) is 37.1 Å². The second-order valence-electron chi connectivity index (χ2n) is 11.0. The van der Waals surface area contributed by atoms with Gasteiger partial charge in [-0.2, -0.15) is 0 Å². The third-order valence-corrected chi connectivity index (χ3v) is 14.1. The van der Waals surface area contributed by atoms with Crippen LogP contribution in [0.5, 0.6) is 0 Å². The van der Waals surface area contributed by atoms with E-state index in [0.717, 1.165) is 47.1 Å². The Morgan fingerprint density at radius 3 is 1.47 bits per heavy atom. The maximum absolute atomic E-state index is 11.2. The van der Waals surface area contributed by atoms with Crippen molar-refractivity contribution < 1.29 is 19.1 Å². The lowest BCUT2D eigenvalue weighted by atomic mass is 9.87. The largest absolute Gasteiger partial charge is 0.428 e. The van der Waals surface area contributed by atoms with Gasteiger partial charge in [0.05, 0.1) is 24.4 Å². The molecule has 30 heavy (non-hydrogen) atoms. The molecule has 0 aromatic heterocycles. The third kappa shape index (κ3) is 4.79. The Balaban J connectivity index is 1.14. The molecule has 2 heterocycles. The van der Waals surface area contributed by atoms with Crippen LogP contribution in [0.4, 0.5) is 0 Å². The molecule has 0 radical (unpaired) electrons. The van der Waals surface area contributed by atoms with Crippen LogP contribution in [-0.2, 0) is 9.47 Å². The molecule has 4 aliphatic rings. The molecule has 2 saturated carbocycles. The number of ether oxygens (including phenoxy) is 2. The summed E-state index contributed by atoms with van der Waals surface area (Å²) in [7, 11) is -4.85. The maximum Gasteiger partial charge on any atom is 0.217 e. The van der Waals surface area contributed by atoms with Crippen LogP contribution >= 0.6 is 0 Å². The molecule has 0 bridgehead atoms. The summed E-state index contributed by atoms with van der Waals surface area (Å²) in [5.41, 5.74) is 0. The van der Waals surface area contributed by atoms with Crippen LogP contribution in [0.15, 0.2) is 24.3 Å². The van der Waals surface area contributed by atoms with Crippen molar-refractivity contribution in [3.05, 3.63) is 24.3 Å². The summed E-state index contributed by atoms with van der Waals surface area (Å²) in [5.74, 6) is 1.44. The van der Waals surface area contributed by atoms with E-state index in [4.69, 9.17) is 9.47 Å². The Labute approximate surface area is 183 Å². The van der Waals surface area contributed by atoms with Crippen molar-refractivity contribution in [3.8, 4) is 0 Å². The third-order valence-electron chi connectivity index (χ3n) is 8.43. The molecular weight excluding hydrogens is 408 g/mol. The first-order valence-electron chi connectivity index (χ1n) is 12.2. The predicted molar refractivity (Wildman–Crippen MR) is 124 cm³/mol. The number of hydrogen-bond donors (Lipinski definition) is 2. The van der Waals surface area contributed by atoms with E-state index in [1.54, 1.807) is 0 Å². The highest BCUT2D eigenvalue weighted by molar-refractivity contribution is 6.85. The van der Waals surface area contributed by atoms with Crippen LogP contribution in [0.25, 0.3) is 0 Å². The summed E-state index contributed by atoms with van der Waals surface area (Å²) >= 11 is 0. The van der Waals surface area contributed by atoms with Crippen LogP contribution in [-0.4, -0.2) is 50.6 Å². The van der Waals surface area contributed by atoms with Crippen molar-refractivity contribution in [1.29, 1.82) is 0 Å². The monoisotopic (exact) mass is 446 g/mol. The fraction of sp³-hybridized carbons (Fsp3) is 0.750. The van der Waals surface area contributed by atoms with Crippen molar-refractivity contribution in [2.45, 2.75) is 101 Å². The van der Waals surface area contributed by atoms with Crippen molar-refractivity contribution in [2.24, 2.45) is 11.8 Å². The highest BCUT2D eigenvalue weighted by Crippen LogP contribution is 2.42. The lowest BCUT2D eigenvalue weighted by molar-refractivity contribution is 0.355. The summed E-state index contributed by atoms with van der Waals surface area (Å²) in [6.45, 7) is 4.15. The molecular formula is C24H38O4Si2. The summed E-state index contributed by atoms with van der Waals surface area (Å²) in [6, 6.07) is 10.3. The Hall–Kier alpha value is -0.506. The zero-order valence-corrected chi connectivity index (χ0v) is 20.6. The first-order chi connectivity index (χ1) is 14.3. The van der Waals surface area contributed by atoms with E-state index in [2.05, 4.69) is 37.4 Å². The lowest BCUT2D eigenvalue weighted by Gasteiger charge is -2.27. The van der Waals surface area contributed by atoms with Gasteiger partial charge in [0.1, 0.15) is 0 Å². The first-order valence-corrected chi connectivity index (χ1v) is 17.5. The highest BCUT2D eigenvalue weighted by atomic mass is 28.4. The molecule has 2 saturated heterocycles. The molecule has 4 nitrogen and oxygen atoms in total. The number of epoxide rings is 2. The van der Waals surface area contributed by atoms with E-state index in [-0.39, 0.29) is 0 Å². The van der Waals surface area contributed by atoms with Crippen LogP contribution in [0.3, 0.4) is 0 Å². The molecule has 6 heteroatoms. The minimum atomic E-state index is -2.42. The van der Waals surface area contributed by atoms with Gasteiger partial charge in [-0.05, 0) is 85.9 Å². The summed E-state index contributed by atoms with van der Waals surface area (Å²) in [6.07, 6.45) is 11.7. The topological polar surface area (TPSA) is 65.5 Å². The van der Waals surface area contributed by atoms with Gasteiger partial charge in [-0.15, -0.1) is 0 Å². The van der Waals surface area contributed by atoms with Crippen LogP contribution in [0, 0.1) is 11.8 Å². The Kier molecular flexibility index (Phi) is 5.78. The normalized spacial score (nSPS) is 38.7. The van der Waals surface area contributed by atoms with Gasteiger partial charge in [-0.25, -0.2) is 0 Å². The van der Waals surface area contributed by atoms with Crippen molar-refractivity contribution in [1.82, 2.24) is 0 Å². The molecule has 166 valence electrons. The number of hydrogen-bond acceptors (Lipinski definition) is 4. The van der Waals surface area contributed by atoms with Crippen LogP contribution < -0.4 is 10.4 Å². The van der Waals surface area contributed by atoms with Crippen LogP contribution in [0.1, 0.15) is 51.4 Å². The molecule has 0 amide bonds. The van der Waals surface area contributed by atoms with E-state index in [1.807, 2.05) is 0 Å². The standard InChI is InChI=1S/C24H38O4Si2/c1-29(25,13-11-17-3-9-21-23(15-17)27-21)19-5-7-20(8-6-19)30(2,26)14-12-18-4-10-22-24(16-18)28-22/h5-8,17-18,21-26H,3-4,9-16H2,1-2H3. The predicted octanol–water partition coefficient (Wildman–Crippen LogP) is 3.15. The zero-order chi connectivity index (χ0) is 20.9. The molecule has 8 atom stereocenters. The van der Waals surface area contributed by atoms with E-state index < -0.39 is 16.6 Å². The summed E-state index contributed by atoms with van der Waals surface area (Å²) in [5, 5.41) is 2.22. The number of rotatable bonds is 8. The van der Waals surface area contributed by atoms with E-state index in [1.165, 1.54) is 38.5 Å². The van der Waals surface area contributed by atoms with Gasteiger partial charge in [0.2, 0.25) is 16.6 Å². The first kappa shape index (κ1) is 21.3. The van der Waals surface area contributed by atoms with E-state index >= 15 is 0 Å². The quantitative estimate of drug-likeness (QED) is 0.476. The van der Waals surface area contributed by atoms with Gasteiger partial charge in [0.15, 0.2) is 0 Å². The minimum absolute atomic E-state index is 0.522. The Morgan fingerprint density at radius 1 is 0.700 bits per heavy atom. The Morgan fingerprint density at radius 2 is 1.10 bits per heavy atom. The van der Waals surface area contributed by atoms with Gasteiger partial charge in [0.25, 0.3) is 0 Å². The lowest BCUT2D eigenvalue weighted by Crippen LogP contribution is -2.49. The molecule has 2 N–H and O–H groups in total. The van der Waals surface area contributed by atoms with E-state index in [9.17, 15) is 9.59 Å². The molecule has 0 spiro atoms. The molecule has 2 aliphatic heterocycles. The maximum atomic E-state index is 11.2. The van der Waals surface area contributed by atoms with Gasteiger partial charge < -0.3 is 19.1 Å². The average molecular weight is 447 g/mol. The second-order valence-corrected chi connectivity index (χ2v) is 18.2. The molecule has 4 fully saturated rings.